The molecule has 13 heavy (non-hydrogen) atoms. The lowest BCUT2D eigenvalue weighted by Crippen LogP contribution is -1.89. The lowest BCUT2D eigenvalue weighted by molar-refractivity contribution is 0.893. The van der Waals surface area contributed by atoms with Gasteiger partial charge in [0.05, 0.1) is 0 Å². The Morgan fingerprint density at radius 3 is 2.85 bits per heavy atom. The fourth-order valence-corrected chi connectivity index (χ4v) is 2.22. The maximum Gasteiger partial charge on any atom is 0.223 e. The summed E-state index contributed by atoms with van der Waals surface area (Å²) in [6.07, 6.45) is 2.43. The Bertz CT molecular complexity index is 258. The van der Waals surface area contributed by atoms with Crippen molar-refractivity contribution in [3.05, 3.63) is 17.0 Å². The Labute approximate surface area is 88.1 Å². The number of unbranched alkanes of at least 4 members (excludes halogenated alkanes) is 1. The molecule has 0 aliphatic heterocycles. The van der Waals surface area contributed by atoms with Crippen molar-refractivity contribution in [3.63, 3.8) is 0 Å². The van der Waals surface area contributed by atoms with E-state index >= 15 is 0 Å². The minimum atomic E-state index is 0.346. The average molecular weight is 217 g/mol. The molecule has 0 aliphatic carbocycles. The van der Waals surface area contributed by atoms with E-state index in [0.29, 0.717) is 5.28 Å². The smallest absolute Gasteiger partial charge is 0.223 e. The van der Waals surface area contributed by atoms with Crippen LogP contribution in [0, 0.1) is 6.92 Å². The number of nitrogens with zero attached hydrogens (tertiary/aromatic N) is 2. The second-order valence-electron chi connectivity index (χ2n) is 2.82. The zero-order valence-corrected chi connectivity index (χ0v) is 9.45. The number of aromatic nitrogens is 2. The average Bonchev–Trinajstić information content (AvgIpc) is 2.03. The molecule has 0 unspecified atom stereocenters. The van der Waals surface area contributed by atoms with Crippen LogP contribution in [0.25, 0.3) is 0 Å². The molecule has 0 aromatic carbocycles. The predicted octanol–water partition coefficient (Wildman–Crippen LogP) is 3.33. The number of halogens is 1. The van der Waals surface area contributed by atoms with Gasteiger partial charge in [0.15, 0.2) is 0 Å². The highest BCUT2D eigenvalue weighted by Gasteiger charge is 1.99. The summed E-state index contributed by atoms with van der Waals surface area (Å²) < 4.78 is 0. The third-order valence-corrected chi connectivity index (χ3v) is 2.72. The fraction of sp³-hybridized carbons (Fsp3) is 0.556. The summed E-state index contributed by atoms with van der Waals surface area (Å²) >= 11 is 7.47. The minimum Gasteiger partial charge on any atom is -0.223 e. The van der Waals surface area contributed by atoms with E-state index in [2.05, 4.69) is 16.9 Å². The summed E-state index contributed by atoms with van der Waals surface area (Å²) in [5.41, 5.74) is 0.930. The van der Waals surface area contributed by atoms with Crippen molar-refractivity contribution in [1.82, 2.24) is 9.97 Å². The summed E-state index contributed by atoms with van der Waals surface area (Å²) in [6.45, 7) is 4.11. The first kappa shape index (κ1) is 10.8. The molecular formula is C9H13ClN2S. The molecule has 4 heteroatoms. The first-order chi connectivity index (χ1) is 6.22. The van der Waals surface area contributed by atoms with Gasteiger partial charge in [-0.2, -0.15) is 0 Å². The van der Waals surface area contributed by atoms with Crippen molar-refractivity contribution in [2.45, 2.75) is 31.7 Å². The molecule has 0 saturated carbocycles. The van der Waals surface area contributed by atoms with Crippen LogP contribution in [0.2, 0.25) is 5.28 Å². The van der Waals surface area contributed by atoms with Crippen LogP contribution < -0.4 is 0 Å². The van der Waals surface area contributed by atoms with Crippen molar-refractivity contribution in [1.29, 1.82) is 0 Å². The quantitative estimate of drug-likeness (QED) is 0.334. The van der Waals surface area contributed by atoms with Crippen LogP contribution in [0.1, 0.15) is 25.5 Å². The number of aryl methyl sites for hydroxylation is 1. The van der Waals surface area contributed by atoms with Crippen molar-refractivity contribution >= 4 is 23.4 Å². The topological polar surface area (TPSA) is 25.8 Å². The Balaban J connectivity index is 2.56. The Kier molecular flexibility index (Phi) is 4.53. The van der Waals surface area contributed by atoms with Crippen LogP contribution in [0.5, 0.6) is 0 Å². The molecule has 0 saturated heterocycles. The van der Waals surface area contributed by atoms with Gasteiger partial charge in [-0.1, -0.05) is 13.3 Å². The number of rotatable bonds is 4. The predicted molar refractivity (Wildman–Crippen MR) is 57.4 cm³/mol. The zero-order valence-electron chi connectivity index (χ0n) is 7.88. The number of hydrogen-bond donors (Lipinski definition) is 0. The first-order valence-electron chi connectivity index (χ1n) is 4.36. The van der Waals surface area contributed by atoms with E-state index in [-0.39, 0.29) is 0 Å². The van der Waals surface area contributed by atoms with Crippen molar-refractivity contribution in [2.24, 2.45) is 0 Å². The van der Waals surface area contributed by atoms with Crippen LogP contribution in [0.3, 0.4) is 0 Å². The molecule has 1 rings (SSSR count). The van der Waals surface area contributed by atoms with Gasteiger partial charge in [-0.15, -0.1) is 11.8 Å². The van der Waals surface area contributed by atoms with Gasteiger partial charge in [0, 0.05) is 5.69 Å². The molecule has 0 radical (unpaired) electrons. The molecule has 0 fully saturated rings. The van der Waals surface area contributed by atoms with E-state index in [0.717, 1.165) is 16.5 Å². The Morgan fingerprint density at radius 1 is 1.46 bits per heavy atom. The standard InChI is InChI=1S/C9H13ClN2S/c1-3-4-5-13-8-6-7(2)11-9(10)12-8/h6H,3-5H2,1-2H3. The molecule has 0 bridgehead atoms. The molecule has 0 N–H and O–H groups in total. The molecule has 0 aliphatic rings. The minimum absolute atomic E-state index is 0.346. The molecule has 0 amide bonds. The highest BCUT2D eigenvalue weighted by atomic mass is 35.5. The third kappa shape index (κ3) is 3.96. The normalized spacial score (nSPS) is 10.4. The second kappa shape index (κ2) is 5.45. The number of hydrogen-bond acceptors (Lipinski definition) is 3. The molecule has 1 aromatic heterocycles. The van der Waals surface area contributed by atoms with Crippen LogP contribution >= 0.6 is 23.4 Å². The first-order valence-corrected chi connectivity index (χ1v) is 5.72. The van der Waals surface area contributed by atoms with E-state index < -0.39 is 0 Å². The summed E-state index contributed by atoms with van der Waals surface area (Å²) in [5, 5.41) is 1.32. The number of thioether (sulfide) groups is 1. The highest BCUT2D eigenvalue weighted by molar-refractivity contribution is 7.99. The van der Waals surface area contributed by atoms with Crippen LogP contribution in [0.15, 0.2) is 11.1 Å². The van der Waals surface area contributed by atoms with Crippen LogP contribution in [-0.4, -0.2) is 15.7 Å². The van der Waals surface area contributed by atoms with Gasteiger partial charge in [0.25, 0.3) is 0 Å². The summed E-state index contributed by atoms with van der Waals surface area (Å²) in [7, 11) is 0. The van der Waals surface area contributed by atoms with Crippen molar-refractivity contribution in [2.75, 3.05) is 5.75 Å². The monoisotopic (exact) mass is 216 g/mol. The molecule has 2 nitrogen and oxygen atoms in total. The van der Waals surface area contributed by atoms with E-state index in [4.69, 9.17) is 11.6 Å². The molecule has 0 atom stereocenters. The van der Waals surface area contributed by atoms with Gasteiger partial charge in [0.1, 0.15) is 5.03 Å². The second-order valence-corrected chi connectivity index (χ2v) is 4.27. The molecular weight excluding hydrogens is 204 g/mol. The molecule has 1 aromatic rings. The molecule has 1 heterocycles. The maximum atomic E-state index is 5.73. The maximum absolute atomic E-state index is 5.73. The highest BCUT2D eigenvalue weighted by Crippen LogP contribution is 2.18. The van der Waals surface area contributed by atoms with Gasteiger partial charge in [-0.3, -0.25) is 0 Å². The van der Waals surface area contributed by atoms with Crippen LogP contribution in [0.4, 0.5) is 0 Å². The van der Waals surface area contributed by atoms with Gasteiger partial charge in [0.2, 0.25) is 5.28 Å². The van der Waals surface area contributed by atoms with Gasteiger partial charge in [-0.25, -0.2) is 9.97 Å². The van der Waals surface area contributed by atoms with E-state index in [1.807, 2.05) is 13.0 Å². The lowest BCUT2D eigenvalue weighted by atomic mass is 10.4. The molecule has 0 spiro atoms. The summed E-state index contributed by atoms with van der Waals surface area (Å²) in [5.74, 6) is 1.10. The zero-order chi connectivity index (χ0) is 9.68. The van der Waals surface area contributed by atoms with E-state index in [1.165, 1.54) is 12.8 Å². The third-order valence-electron chi connectivity index (χ3n) is 1.55. The van der Waals surface area contributed by atoms with Gasteiger partial charge < -0.3 is 0 Å². The SMILES string of the molecule is CCCCSc1cc(C)nc(Cl)n1. The Hall–Kier alpha value is -0.280. The van der Waals surface area contributed by atoms with E-state index in [9.17, 15) is 0 Å². The van der Waals surface area contributed by atoms with Gasteiger partial charge in [-0.05, 0) is 36.8 Å². The Morgan fingerprint density at radius 2 is 2.23 bits per heavy atom. The summed E-state index contributed by atoms with van der Waals surface area (Å²) in [4.78, 5) is 8.13. The van der Waals surface area contributed by atoms with Crippen molar-refractivity contribution in [3.8, 4) is 0 Å². The van der Waals surface area contributed by atoms with Crippen molar-refractivity contribution < 1.29 is 0 Å². The fourth-order valence-electron chi connectivity index (χ4n) is 0.900. The van der Waals surface area contributed by atoms with E-state index in [1.54, 1.807) is 11.8 Å². The van der Waals surface area contributed by atoms with Gasteiger partial charge >= 0.3 is 0 Å². The largest absolute Gasteiger partial charge is 0.223 e. The molecule has 72 valence electrons. The van der Waals surface area contributed by atoms with Crippen LogP contribution in [-0.2, 0) is 0 Å². The lowest BCUT2D eigenvalue weighted by Gasteiger charge is -2.00. The summed E-state index contributed by atoms with van der Waals surface area (Å²) in [6, 6.07) is 1.96.